The van der Waals surface area contributed by atoms with E-state index in [1.54, 1.807) is 0 Å². The Hall–Kier alpha value is -0.860. The normalized spacial score (nSPS) is 12.8. The second-order valence-corrected chi connectivity index (χ2v) is 3.25. The number of hydrogen-bond donors (Lipinski definition) is 1. The first-order valence-corrected chi connectivity index (χ1v) is 4.62. The summed E-state index contributed by atoms with van der Waals surface area (Å²) in [5.41, 5.74) is 8.12. The molecule has 0 saturated heterocycles. The van der Waals surface area contributed by atoms with Gasteiger partial charge >= 0.3 is 0 Å². The van der Waals surface area contributed by atoms with Crippen molar-refractivity contribution in [2.75, 3.05) is 6.61 Å². The van der Waals surface area contributed by atoms with Gasteiger partial charge in [-0.05, 0) is 31.4 Å². The topological polar surface area (TPSA) is 35.2 Å². The van der Waals surface area contributed by atoms with Gasteiger partial charge in [0.05, 0.1) is 6.61 Å². The summed E-state index contributed by atoms with van der Waals surface area (Å²) >= 11 is 0. The van der Waals surface area contributed by atoms with Crippen molar-refractivity contribution in [3.05, 3.63) is 35.4 Å². The highest BCUT2D eigenvalue weighted by Crippen LogP contribution is 2.07. The Bertz CT molecular complexity index is 258. The average molecular weight is 179 g/mol. The Kier molecular flexibility index (Phi) is 3.93. The van der Waals surface area contributed by atoms with Crippen molar-refractivity contribution < 1.29 is 4.74 Å². The molecule has 1 aromatic rings. The quantitative estimate of drug-likeness (QED) is 0.716. The van der Waals surface area contributed by atoms with Gasteiger partial charge in [-0.15, -0.1) is 0 Å². The van der Waals surface area contributed by atoms with Crippen LogP contribution >= 0.6 is 0 Å². The molecule has 2 nitrogen and oxygen atoms in total. The van der Waals surface area contributed by atoms with Gasteiger partial charge in [-0.1, -0.05) is 24.3 Å². The summed E-state index contributed by atoms with van der Waals surface area (Å²) in [5, 5.41) is 0. The minimum Gasteiger partial charge on any atom is -0.364 e. The van der Waals surface area contributed by atoms with Gasteiger partial charge in [-0.3, -0.25) is 0 Å². The van der Waals surface area contributed by atoms with Crippen LogP contribution in [0.2, 0.25) is 0 Å². The lowest BCUT2D eigenvalue weighted by Crippen LogP contribution is -2.20. The Morgan fingerprint density at radius 3 is 2.69 bits per heavy atom. The van der Waals surface area contributed by atoms with Crippen LogP contribution in [0.25, 0.3) is 0 Å². The molecule has 1 atom stereocenters. The van der Waals surface area contributed by atoms with Gasteiger partial charge in [0.25, 0.3) is 0 Å². The van der Waals surface area contributed by atoms with E-state index < -0.39 is 0 Å². The third-order valence-corrected chi connectivity index (χ3v) is 2.01. The Morgan fingerprint density at radius 2 is 2.08 bits per heavy atom. The third kappa shape index (κ3) is 3.57. The molecule has 0 fully saturated rings. The zero-order valence-electron chi connectivity index (χ0n) is 8.29. The van der Waals surface area contributed by atoms with Crippen molar-refractivity contribution in [2.24, 2.45) is 5.73 Å². The maximum Gasteiger partial charge on any atom is 0.102 e. The highest BCUT2D eigenvalue weighted by molar-refractivity contribution is 5.25. The van der Waals surface area contributed by atoms with Crippen LogP contribution in [0.3, 0.4) is 0 Å². The number of nitrogens with two attached hydrogens (primary N) is 1. The van der Waals surface area contributed by atoms with Crippen LogP contribution in [-0.4, -0.2) is 12.8 Å². The van der Waals surface area contributed by atoms with Crippen molar-refractivity contribution in [3.63, 3.8) is 0 Å². The standard InChI is InChI=1S/C11H17NO/c1-9-5-3-4-6-11(9)7-8-13-10(2)12/h3-6,10H,7-8,12H2,1-2H3. The van der Waals surface area contributed by atoms with Crippen LogP contribution in [0, 0.1) is 6.92 Å². The highest BCUT2D eigenvalue weighted by Gasteiger charge is 1.97. The summed E-state index contributed by atoms with van der Waals surface area (Å²) in [7, 11) is 0. The Balaban J connectivity index is 2.41. The smallest absolute Gasteiger partial charge is 0.102 e. The van der Waals surface area contributed by atoms with Gasteiger partial charge in [0.2, 0.25) is 0 Å². The zero-order chi connectivity index (χ0) is 9.68. The molecule has 13 heavy (non-hydrogen) atoms. The molecule has 0 bridgehead atoms. The van der Waals surface area contributed by atoms with Gasteiger partial charge in [-0.2, -0.15) is 0 Å². The molecular formula is C11H17NO. The molecule has 0 spiro atoms. The van der Waals surface area contributed by atoms with Crippen molar-refractivity contribution in [2.45, 2.75) is 26.5 Å². The van der Waals surface area contributed by atoms with E-state index in [1.807, 2.05) is 19.1 Å². The minimum absolute atomic E-state index is 0.163. The molecule has 2 N–H and O–H groups in total. The van der Waals surface area contributed by atoms with Crippen molar-refractivity contribution in [1.82, 2.24) is 0 Å². The fourth-order valence-electron chi connectivity index (χ4n) is 1.25. The second kappa shape index (κ2) is 5.00. The molecule has 2 heteroatoms. The van der Waals surface area contributed by atoms with E-state index in [4.69, 9.17) is 10.5 Å². The first kappa shape index (κ1) is 10.2. The SMILES string of the molecule is Cc1ccccc1CCOC(C)N. The maximum atomic E-state index is 5.47. The van der Waals surface area contributed by atoms with E-state index in [-0.39, 0.29) is 6.23 Å². The molecule has 1 rings (SSSR count). The summed E-state index contributed by atoms with van der Waals surface area (Å²) in [4.78, 5) is 0. The lowest BCUT2D eigenvalue weighted by atomic mass is 10.1. The molecule has 0 aromatic heterocycles. The summed E-state index contributed by atoms with van der Waals surface area (Å²) in [5.74, 6) is 0. The number of aryl methyl sites for hydroxylation is 1. The molecule has 0 aliphatic rings. The van der Waals surface area contributed by atoms with E-state index >= 15 is 0 Å². The predicted molar refractivity (Wildman–Crippen MR) is 54.5 cm³/mol. The Labute approximate surface area is 79.7 Å². The van der Waals surface area contributed by atoms with Gasteiger partial charge in [0.15, 0.2) is 0 Å². The summed E-state index contributed by atoms with van der Waals surface area (Å²) in [6, 6.07) is 8.33. The zero-order valence-corrected chi connectivity index (χ0v) is 8.29. The molecule has 0 saturated carbocycles. The Morgan fingerprint density at radius 1 is 1.38 bits per heavy atom. The fraction of sp³-hybridized carbons (Fsp3) is 0.455. The van der Waals surface area contributed by atoms with Crippen LogP contribution in [0.15, 0.2) is 24.3 Å². The van der Waals surface area contributed by atoms with Crippen LogP contribution < -0.4 is 5.73 Å². The summed E-state index contributed by atoms with van der Waals surface area (Å²) < 4.78 is 5.28. The average Bonchev–Trinajstić information content (AvgIpc) is 2.08. The van der Waals surface area contributed by atoms with Crippen LogP contribution in [0.5, 0.6) is 0 Å². The predicted octanol–water partition coefficient (Wildman–Crippen LogP) is 1.86. The van der Waals surface area contributed by atoms with Crippen molar-refractivity contribution in [1.29, 1.82) is 0 Å². The fourth-order valence-corrected chi connectivity index (χ4v) is 1.25. The lowest BCUT2D eigenvalue weighted by Gasteiger charge is -2.08. The van der Waals surface area contributed by atoms with E-state index in [1.165, 1.54) is 11.1 Å². The first-order valence-electron chi connectivity index (χ1n) is 4.62. The molecule has 1 aromatic carbocycles. The third-order valence-electron chi connectivity index (χ3n) is 2.01. The number of hydrogen-bond acceptors (Lipinski definition) is 2. The first-order chi connectivity index (χ1) is 6.20. The summed E-state index contributed by atoms with van der Waals surface area (Å²) in [6.45, 7) is 4.65. The van der Waals surface area contributed by atoms with E-state index in [2.05, 4.69) is 19.1 Å². The lowest BCUT2D eigenvalue weighted by molar-refractivity contribution is 0.0730. The largest absolute Gasteiger partial charge is 0.364 e. The highest BCUT2D eigenvalue weighted by atomic mass is 16.5. The molecule has 0 heterocycles. The number of ether oxygens (including phenoxy) is 1. The van der Waals surface area contributed by atoms with Gasteiger partial charge in [0.1, 0.15) is 6.23 Å². The van der Waals surface area contributed by atoms with Crippen molar-refractivity contribution >= 4 is 0 Å². The molecule has 1 unspecified atom stereocenters. The molecule has 0 aliphatic carbocycles. The van der Waals surface area contributed by atoms with E-state index in [0.29, 0.717) is 6.61 Å². The van der Waals surface area contributed by atoms with Crippen LogP contribution in [0.4, 0.5) is 0 Å². The van der Waals surface area contributed by atoms with Gasteiger partial charge in [-0.25, -0.2) is 0 Å². The maximum absolute atomic E-state index is 5.47. The number of rotatable bonds is 4. The van der Waals surface area contributed by atoms with Gasteiger partial charge in [0, 0.05) is 0 Å². The molecule has 0 amide bonds. The van der Waals surface area contributed by atoms with Crippen LogP contribution in [-0.2, 0) is 11.2 Å². The molecule has 0 radical (unpaired) electrons. The summed E-state index contributed by atoms with van der Waals surface area (Å²) in [6.07, 6.45) is 0.776. The minimum atomic E-state index is -0.163. The molecular weight excluding hydrogens is 162 g/mol. The second-order valence-electron chi connectivity index (χ2n) is 3.25. The van der Waals surface area contributed by atoms with Crippen molar-refractivity contribution in [3.8, 4) is 0 Å². The van der Waals surface area contributed by atoms with E-state index in [9.17, 15) is 0 Å². The van der Waals surface area contributed by atoms with Crippen LogP contribution in [0.1, 0.15) is 18.1 Å². The molecule has 72 valence electrons. The monoisotopic (exact) mass is 179 g/mol. The number of benzene rings is 1. The molecule has 0 aliphatic heterocycles. The van der Waals surface area contributed by atoms with E-state index in [0.717, 1.165) is 6.42 Å². The van der Waals surface area contributed by atoms with Gasteiger partial charge < -0.3 is 10.5 Å².